The van der Waals surface area contributed by atoms with Gasteiger partial charge in [0.2, 0.25) is 5.91 Å². The van der Waals surface area contributed by atoms with Gasteiger partial charge in [-0.2, -0.15) is 5.10 Å². The number of carbonyl (C=O) groups is 2. The summed E-state index contributed by atoms with van der Waals surface area (Å²) in [5.41, 5.74) is 0.843. The van der Waals surface area contributed by atoms with E-state index in [2.05, 4.69) is 15.2 Å². The highest BCUT2D eigenvalue weighted by Crippen LogP contribution is 1.98. The fraction of sp³-hybridized carbons (Fsp3) is 0.364. The van der Waals surface area contributed by atoms with Crippen LogP contribution >= 0.6 is 0 Å². The number of amides is 1. The summed E-state index contributed by atoms with van der Waals surface area (Å²) in [7, 11) is 3.11. The first-order valence-corrected chi connectivity index (χ1v) is 5.13. The van der Waals surface area contributed by atoms with Gasteiger partial charge in [0.25, 0.3) is 0 Å². The van der Waals surface area contributed by atoms with Crippen LogP contribution in [0.5, 0.6) is 0 Å². The number of methoxy groups -OCH3 is 1. The minimum atomic E-state index is -0.346. The van der Waals surface area contributed by atoms with Gasteiger partial charge in [0.15, 0.2) is 0 Å². The highest BCUT2D eigenvalue weighted by Gasteiger charge is 2.00. The number of hydrogen-bond acceptors (Lipinski definition) is 4. The predicted molar refractivity (Wildman–Crippen MR) is 61.9 cm³/mol. The summed E-state index contributed by atoms with van der Waals surface area (Å²) in [6, 6.07) is 0. The fourth-order valence-electron chi connectivity index (χ4n) is 1.15. The van der Waals surface area contributed by atoms with Crippen LogP contribution in [0, 0.1) is 0 Å². The van der Waals surface area contributed by atoms with Gasteiger partial charge in [-0.15, -0.1) is 0 Å². The quantitative estimate of drug-likeness (QED) is 0.583. The first kappa shape index (κ1) is 13.0. The van der Waals surface area contributed by atoms with Gasteiger partial charge in [-0.05, 0) is 6.08 Å². The molecule has 1 amide bonds. The molecule has 1 aromatic rings. The second-order valence-corrected chi connectivity index (χ2v) is 3.40. The predicted octanol–water partition coefficient (Wildman–Crippen LogP) is 0.113. The molecule has 17 heavy (non-hydrogen) atoms. The number of aromatic nitrogens is 2. The summed E-state index contributed by atoms with van der Waals surface area (Å²) in [4.78, 5) is 22.1. The molecule has 0 aliphatic rings. The van der Waals surface area contributed by atoms with Crippen LogP contribution in [0.3, 0.4) is 0 Å². The fourth-order valence-corrected chi connectivity index (χ4v) is 1.15. The zero-order valence-corrected chi connectivity index (χ0v) is 9.84. The van der Waals surface area contributed by atoms with Gasteiger partial charge in [0.1, 0.15) is 0 Å². The Bertz CT molecular complexity index is 423. The molecular weight excluding hydrogens is 222 g/mol. The Morgan fingerprint density at radius 2 is 2.35 bits per heavy atom. The van der Waals surface area contributed by atoms with E-state index in [-0.39, 0.29) is 24.8 Å². The molecule has 0 radical (unpaired) electrons. The van der Waals surface area contributed by atoms with E-state index < -0.39 is 0 Å². The molecule has 0 aliphatic heterocycles. The Hall–Kier alpha value is -2.11. The number of nitrogens with zero attached hydrogens (tertiary/aromatic N) is 2. The van der Waals surface area contributed by atoms with Crippen molar-refractivity contribution in [1.29, 1.82) is 0 Å². The molecule has 1 rings (SSSR count). The zero-order valence-electron chi connectivity index (χ0n) is 9.84. The maximum atomic E-state index is 11.3. The largest absolute Gasteiger partial charge is 0.469 e. The van der Waals surface area contributed by atoms with Crippen LogP contribution < -0.4 is 5.32 Å². The smallest absolute Gasteiger partial charge is 0.307 e. The van der Waals surface area contributed by atoms with Crippen molar-refractivity contribution < 1.29 is 14.3 Å². The molecule has 0 fully saturated rings. The highest BCUT2D eigenvalue weighted by molar-refractivity contribution is 5.91. The molecule has 0 saturated heterocycles. The summed E-state index contributed by atoms with van der Waals surface area (Å²) < 4.78 is 6.09. The Morgan fingerprint density at radius 3 is 2.94 bits per heavy atom. The van der Waals surface area contributed by atoms with Crippen LogP contribution in [0.25, 0.3) is 6.08 Å². The molecule has 0 spiro atoms. The summed E-state index contributed by atoms with van der Waals surface area (Å²) in [5.74, 6) is -0.598. The number of esters is 1. The second-order valence-electron chi connectivity index (χ2n) is 3.40. The number of carbonyl (C=O) groups excluding carboxylic acids is 2. The summed E-state index contributed by atoms with van der Waals surface area (Å²) in [5, 5.41) is 6.53. The highest BCUT2D eigenvalue weighted by atomic mass is 16.5. The summed E-state index contributed by atoms with van der Waals surface area (Å²) >= 11 is 0. The lowest BCUT2D eigenvalue weighted by molar-refractivity contribution is -0.140. The lowest BCUT2D eigenvalue weighted by atomic mass is 10.3. The number of rotatable bonds is 5. The molecule has 0 bridgehead atoms. The van der Waals surface area contributed by atoms with Crippen molar-refractivity contribution in [2.45, 2.75) is 6.42 Å². The molecule has 0 aliphatic carbocycles. The summed E-state index contributed by atoms with van der Waals surface area (Å²) in [6.45, 7) is 0.267. The van der Waals surface area contributed by atoms with Crippen LogP contribution in [0.15, 0.2) is 18.5 Å². The van der Waals surface area contributed by atoms with Gasteiger partial charge < -0.3 is 10.1 Å². The van der Waals surface area contributed by atoms with Crippen LogP contribution in [-0.4, -0.2) is 35.3 Å². The van der Waals surface area contributed by atoms with Crippen molar-refractivity contribution >= 4 is 18.0 Å². The molecule has 6 heteroatoms. The van der Waals surface area contributed by atoms with Gasteiger partial charge in [0.05, 0.1) is 19.7 Å². The molecule has 0 saturated carbocycles. The SMILES string of the molecule is COC(=O)CCNC(=O)/C=C\c1cnn(C)c1. The molecule has 0 unspecified atom stereocenters. The van der Waals surface area contributed by atoms with Gasteiger partial charge in [0, 0.05) is 31.4 Å². The van der Waals surface area contributed by atoms with E-state index in [1.807, 2.05) is 0 Å². The third-order valence-electron chi connectivity index (χ3n) is 2.01. The molecular formula is C11H15N3O3. The Kier molecular flexibility index (Phi) is 4.93. The lowest BCUT2D eigenvalue weighted by Gasteiger charge is -2.00. The minimum absolute atomic E-state index is 0.170. The van der Waals surface area contributed by atoms with E-state index in [9.17, 15) is 9.59 Å². The molecule has 1 N–H and O–H groups in total. The Morgan fingerprint density at radius 1 is 1.59 bits per heavy atom. The monoisotopic (exact) mass is 237 g/mol. The molecule has 92 valence electrons. The average molecular weight is 237 g/mol. The molecule has 0 aromatic carbocycles. The van der Waals surface area contributed by atoms with E-state index in [0.29, 0.717) is 0 Å². The molecule has 1 heterocycles. The summed E-state index contributed by atoms with van der Waals surface area (Å²) in [6.07, 6.45) is 6.66. The van der Waals surface area contributed by atoms with Crippen molar-refractivity contribution in [2.75, 3.05) is 13.7 Å². The first-order chi connectivity index (χ1) is 8.11. The van der Waals surface area contributed by atoms with Gasteiger partial charge in [-0.25, -0.2) is 0 Å². The standard InChI is InChI=1S/C11H15N3O3/c1-14-8-9(7-13-14)3-4-10(15)12-6-5-11(16)17-2/h3-4,7-8H,5-6H2,1-2H3,(H,12,15)/b4-3-. The third kappa shape index (κ3) is 4.96. The van der Waals surface area contributed by atoms with Crippen molar-refractivity contribution in [1.82, 2.24) is 15.1 Å². The van der Waals surface area contributed by atoms with E-state index in [4.69, 9.17) is 0 Å². The van der Waals surface area contributed by atoms with E-state index in [1.54, 1.807) is 30.2 Å². The number of aryl methyl sites for hydroxylation is 1. The minimum Gasteiger partial charge on any atom is -0.469 e. The van der Waals surface area contributed by atoms with Crippen molar-refractivity contribution in [2.24, 2.45) is 7.05 Å². The first-order valence-electron chi connectivity index (χ1n) is 5.13. The molecule has 6 nitrogen and oxygen atoms in total. The normalized spacial score (nSPS) is 10.5. The van der Waals surface area contributed by atoms with Crippen LogP contribution in [0.2, 0.25) is 0 Å². The van der Waals surface area contributed by atoms with Gasteiger partial charge >= 0.3 is 5.97 Å². The molecule has 0 atom stereocenters. The average Bonchev–Trinajstić information content (AvgIpc) is 2.72. The van der Waals surface area contributed by atoms with E-state index in [1.165, 1.54) is 13.2 Å². The topological polar surface area (TPSA) is 73.2 Å². The third-order valence-corrected chi connectivity index (χ3v) is 2.01. The van der Waals surface area contributed by atoms with Gasteiger partial charge in [-0.1, -0.05) is 0 Å². The van der Waals surface area contributed by atoms with Crippen molar-refractivity contribution in [3.05, 3.63) is 24.0 Å². The van der Waals surface area contributed by atoms with E-state index in [0.717, 1.165) is 5.56 Å². The number of hydrogen-bond donors (Lipinski definition) is 1. The van der Waals surface area contributed by atoms with Crippen LogP contribution in [-0.2, 0) is 21.4 Å². The van der Waals surface area contributed by atoms with Crippen LogP contribution in [0.4, 0.5) is 0 Å². The van der Waals surface area contributed by atoms with Gasteiger partial charge in [-0.3, -0.25) is 14.3 Å². The maximum Gasteiger partial charge on any atom is 0.307 e. The maximum absolute atomic E-state index is 11.3. The van der Waals surface area contributed by atoms with E-state index >= 15 is 0 Å². The second kappa shape index (κ2) is 6.47. The Labute approximate surface area is 99.3 Å². The number of nitrogens with one attached hydrogen (secondary N) is 1. The Balaban J connectivity index is 2.30. The zero-order chi connectivity index (χ0) is 12.7. The number of ether oxygens (including phenoxy) is 1. The van der Waals surface area contributed by atoms with Crippen molar-refractivity contribution in [3.63, 3.8) is 0 Å². The molecule has 1 aromatic heterocycles. The lowest BCUT2D eigenvalue weighted by Crippen LogP contribution is -2.24. The van der Waals surface area contributed by atoms with Crippen molar-refractivity contribution in [3.8, 4) is 0 Å². The van der Waals surface area contributed by atoms with Crippen LogP contribution in [0.1, 0.15) is 12.0 Å².